The molecule has 1 amide bonds. The van der Waals surface area contributed by atoms with Crippen molar-refractivity contribution in [2.75, 3.05) is 6.54 Å². The van der Waals surface area contributed by atoms with Gasteiger partial charge in [-0.25, -0.2) is 17.9 Å². The number of carbonyl (C=O) groups excluding carboxylic acids is 1. The average Bonchev–Trinajstić information content (AvgIpc) is 2.32. The molecule has 0 unspecified atom stereocenters. The van der Waals surface area contributed by atoms with Crippen molar-refractivity contribution in [2.45, 2.75) is 31.6 Å². The van der Waals surface area contributed by atoms with E-state index in [1.807, 2.05) is 0 Å². The summed E-state index contributed by atoms with van der Waals surface area (Å²) in [6.45, 7) is 4.56. The zero-order valence-electron chi connectivity index (χ0n) is 11.8. The van der Waals surface area contributed by atoms with E-state index in [0.29, 0.717) is 12.5 Å². The summed E-state index contributed by atoms with van der Waals surface area (Å²) in [6, 6.07) is 1.62. The van der Waals surface area contributed by atoms with E-state index < -0.39 is 26.6 Å². The van der Waals surface area contributed by atoms with Gasteiger partial charge in [-0.3, -0.25) is 4.79 Å². The molecule has 5 nitrogen and oxygen atoms in total. The summed E-state index contributed by atoms with van der Waals surface area (Å²) in [4.78, 5) is 11.2. The third kappa shape index (κ3) is 5.26. The minimum atomic E-state index is -4.26. The van der Waals surface area contributed by atoms with E-state index >= 15 is 0 Å². The fraction of sp³-hybridized carbons (Fsp3) is 0.462. The van der Waals surface area contributed by atoms with Gasteiger partial charge >= 0.3 is 0 Å². The van der Waals surface area contributed by atoms with Crippen LogP contribution in [0.5, 0.6) is 0 Å². The Morgan fingerprint density at radius 1 is 1.43 bits per heavy atom. The van der Waals surface area contributed by atoms with E-state index in [9.17, 15) is 17.6 Å². The highest BCUT2D eigenvalue weighted by Crippen LogP contribution is 2.23. The molecular formula is C13H18ClFN2O3S. The van der Waals surface area contributed by atoms with Gasteiger partial charge in [-0.1, -0.05) is 25.4 Å². The van der Waals surface area contributed by atoms with Gasteiger partial charge in [0, 0.05) is 6.54 Å². The first-order valence-electron chi connectivity index (χ1n) is 6.43. The second kappa shape index (κ2) is 7.20. The maximum atomic E-state index is 13.5. The number of rotatable bonds is 6. The van der Waals surface area contributed by atoms with Crippen LogP contribution in [0.2, 0.25) is 5.02 Å². The molecule has 0 heterocycles. The van der Waals surface area contributed by atoms with Gasteiger partial charge in [0.2, 0.25) is 10.0 Å². The molecule has 118 valence electrons. The molecule has 0 atom stereocenters. The van der Waals surface area contributed by atoms with Crippen LogP contribution in [0.25, 0.3) is 0 Å². The number of benzene rings is 1. The van der Waals surface area contributed by atoms with Crippen LogP contribution in [0.4, 0.5) is 4.39 Å². The minimum absolute atomic E-state index is 0.119. The molecule has 0 aromatic heterocycles. The Morgan fingerprint density at radius 3 is 2.57 bits per heavy atom. The van der Waals surface area contributed by atoms with Crippen molar-refractivity contribution in [3.05, 3.63) is 28.5 Å². The van der Waals surface area contributed by atoms with Crippen LogP contribution in [-0.4, -0.2) is 20.9 Å². The first-order valence-corrected chi connectivity index (χ1v) is 8.35. The monoisotopic (exact) mass is 336 g/mol. The Hall–Kier alpha value is -1.18. The summed E-state index contributed by atoms with van der Waals surface area (Å²) in [5.41, 5.74) is -0.119. The fourth-order valence-corrected chi connectivity index (χ4v) is 2.58. The lowest BCUT2D eigenvalue weighted by Crippen LogP contribution is -2.26. The molecular weight excluding hydrogens is 319 g/mol. The summed E-state index contributed by atoms with van der Waals surface area (Å²) in [5, 5.41) is 7.34. The van der Waals surface area contributed by atoms with E-state index in [4.69, 9.17) is 16.7 Å². The van der Waals surface area contributed by atoms with Crippen molar-refractivity contribution < 1.29 is 17.6 Å². The number of hydrogen-bond acceptors (Lipinski definition) is 3. The van der Waals surface area contributed by atoms with Gasteiger partial charge in [-0.2, -0.15) is 0 Å². The molecule has 1 rings (SSSR count). The highest BCUT2D eigenvalue weighted by atomic mass is 35.5. The number of halogens is 2. The van der Waals surface area contributed by atoms with Crippen molar-refractivity contribution in [1.29, 1.82) is 0 Å². The number of carbonyl (C=O) groups is 1. The third-order valence-electron chi connectivity index (χ3n) is 2.82. The number of nitrogens with one attached hydrogen (secondary N) is 1. The maximum Gasteiger partial charge on any atom is 0.252 e. The lowest BCUT2D eigenvalue weighted by atomic mass is 10.1. The van der Waals surface area contributed by atoms with Crippen molar-refractivity contribution in [3.63, 3.8) is 0 Å². The average molecular weight is 337 g/mol. The number of nitrogens with two attached hydrogens (primary N) is 1. The second-order valence-corrected chi connectivity index (χ2v) is 7.04. The Bertz CT molecular complexity index is 633. The van der Waals surface area contributed by atoms with Gasteiger partial charge in [0.05, 0.1) is 10.6 Å². The zero-order chi connectivity index (χ0) is 16.2. The molecule has 1 aromatic rings. The minimum Gasteiger partial charge on any atom is -0.352 e. The van der Waals surface area contributed by atoms with E-state index in [-0.39, 0.29) is 10.6 Å². The van der Waals surface area contributed by atoms with E-state index in [0.717, 1.165) is 25.0 Å². The van der Waals surface area contributed by atoms with Gasteiger partial charge < -0.3 is 5.32 Å². The zero-order valence-corrected chi connectivity index (χ0v) is 13.4. The van der Waals surface area contributed by atoms with Crippen molar-refractivity contribution in [1.82, 2.24) is 5.32 Å². The summed E-state index contributed by atoms with van der Waals surface area (Å²) < 4.78 is 36.0. The quantitative estimate of drug-likeness (QED) is 0.781. The molecule has 0 aliphatic carbocycles. The lowest BCUT2D eigenvalue weighted by Gasteiger charge is -2.10. The van der Waals surface area contributed by atoms with Crippen LogP contribution in [0.15, 0.2) is 17.0 Å². The number of primary sulfonamides is 1. The van der Waals surface area contributed by atoms with Gasteiger partial charge in [0.1, 0.15) is 10.7 Å². The molecule has 0 saturated heterocycles. The maximum absolute atomic E-state index is 13.5. The Morgan fingerprint density at radius 2 is 2.05 bits per heavy atom. The summed E-state index contributed by atoms with van der Waals surface area (Å²) in [7, 11) is -4.26. The van der Waals surface area contributed by atoms with Crippen LogP contribution in [0.1, 0.15) is 37.0 Å². The second-order valence-electron chi connectivity index (χ2n) is 5.10. The summed E-state index contributed by atoms with van der Waals surface area (Å²) >= 11 is 5.77. The van der Waals surface area contributed by atoms with Crippen LogP contribution >= 0.6 is 11.6 Å². The molecule has 0 spiro atoms. The summed E-state index contributed by atoms with van der Waals surface area (Å²) in [5.74, 6) is -1.13. The number of amides is 1. The lowest BCUT2D eigenvalue weighted by molar-refractivity contribution is 0.0952. The Labute approximate surface area is 128 Å². The molecule has 1 aromatic carbocycles. The molecule has 0 aliphatic heterocycles. The molecule has 0 radical (unpaired) electrons. The van der Waals surface area contributed by atoms with Crippen molar-refractivity contribution in [2.24, 2.45) is 11.1 Å². The molecule has 8 heteroatoms. The molecule has 0 saturated carbocycles. The predicted octanol–water partition coefficient (Wildman–Crippen LogP) is 2.29. The first-order chi connectivity index (χ1) is 9.62. The summed E-state index contributed by atoms with van der Waals surface area (Å²) in [6.07, 6.45) is 1.73. The molecule has 21 heavy (non-hydrogen) atoms. The van der Waals surface area contributed by atoms with Crippen molar-refractivity contribution in [3.8, 4) is 0 Å². The largest absolute Gasteiger partial charge is 0.352 e. The van der Waals surface area contributed by atoms with Gasteiger partial charge in [0.15, 0.2) is 0 Å². The number of sulfonamides is 1. The molecule has 0 aliphatic rings. The normalized spacial score (nSPS) is 11.7. The van der Waals surface area contributed by atoms with Crippen LogP contribution in [-0.2, 0) is 10.0 Å². The highest BCUT2D eigenvalue weighted by molar-refractivity contribution is 7.89. The van der Waals surface area contributed by atoms with Crippen molar-refractivity contribution >= 4 is 27.5 Å². The predicted molar refractivity (Wildman–Crippen MR) is 79.2 cm³/mol. The van der Waals surface area contributed by atoms with Gasteiger partial charge in [-0.05, 0) is 30.9 Å². The van der Waals surface area contributed by atoms with E-state index in [1.54, 1.807) is 0 Å². The molecule has 3 N–H and O–H groups in total. The van der Waals surface area contributed by atoms with Crippen LogP contribution < -0.4 is 10.5 Å². The molecule has 0 fully saturated rings. The van der Waals surface area contributed by atoms with E-state index in [1.165, 1.54) is 0 Å². The smallest absolute Gasteiger partial charge is 0.252 e. The third-order valence-corrected chi connectivity index (χ3v) is 4.06. The van der Waals surface area contributed by atoms with Gasteiger partial charge in [0.25, 0.3) is 5.91 Å². The van der Waals surface area contributed by atoms with Crippen LogP contribution in [0.3, 0.4) is 0 Å². The molecule has 0 bridgehead atoms. The van der Waals surface area contributed by atoms with E-state index in [2.05, 4.69) is 19.2 Å². The topological polar surface area (TPSA) is 89.3 Å². The van der Waals surface area contributed by atoms with Gasteiger partial charge in [-0.15, -0.1) is 0 Å². The number of hydrogen-bond donors (Lipinski definition) is 2. The Kier molecular flexibility index (Phi) is 6.12. The standard InChI is InChI=1S/C13H18ClFN2O3S/c1-8(2)4-3-5-17-13(18)9-6-12(21(16,19)20)11(15)7-10(9)14/h6-8H,3-5H2,1-2H3,(H,17,18)(H2,16,19,20). The fourth-order valence-electron chi connectivity index (χ4n) is 1.73. The first kappa shape index (κ1) is 17.9. The van der Waals surface area contributed by atoms with Crippen LogP contribution in [0, 0.1) is 11.7 Å². The highest BCUT2D eigenvalue weighted by Gasteiger charge is 2.20. The Balaban J connectivity index is 2.90. The SMILES string of the molecule is CC(C)CCCNC(=O)c1cc(S(N)(=O)=O)c(F)cc1Cl.